The van der Waals surface area contributed by atoms with Crippen molar-refractivity contribution < 1.29 is 29.3 Å². The van der Waals surface area contributed by atoms with E-state index in [1.807, 2.05) is 0 Å². The molecular formula is C17H17NO6. The summed E-state index contributed by atoms with van der Waals surface area (Å²) >= 11 is 0. The summed E-state index contributed by atoms with van der Waals surface area (Å²) in [6, 6.07) is 10.1. The number of carbonyl (C=O) groups is 2. The molecule has 0 bridgehead atoms. The predicted molar refractivity (Wildman–Crippen MR) is 84.9 cm³/mol. The van der Waals surface area contributed by atoms with Gasteiger partial charge in [-0.3, -0.25) is 4.79 Å². The third-order valence-corrected chi connectivity index (χ3v) is 3.34. The molecule has 0 radical (unpaired) electrons. The van der Waals surface area contributed by atoms with Crippen LogP contribution in [0, 0.1) is 0 Å². The molecule has 0 fully saturated rings. The Morgan fingerprint density at radius 3 is 2.46 bits per heavy atom. The third kappa shape index (κ3) is 3.82. The first kappa shape index (κ1) is 17.3. The van der Waals surface area contributed by atoms with Crippen LogP contribution >= 0.6 is 0 Å². The first-order valence-electron chi connectivity index (χ1n) is 7.00. The van der Waals surface area contributed by atoms with Gasteiger partial charge in [-0.05, 0) is 36.4 Å². The number of rotatable bonds is 5. The lowest BCUT2D eigenvalue weighted by molar-refractivity contribution is 0.0600. The Bertz CT molecular complexity index is 758. The van der Waals surface area contributed by atoms with Gasteiger partial charge >= 0.3 is 5.97 Å². The fourth-order valence-electron chi connectivity index (χ4n) is 2.07. The zero-order chi connectivity index (χ0) is 17.7. The number of hydrogen-bond acceptors (Lipinski definition) is 6. The van der Waals surface area contributed by atoms with Crippen molar-refractivity contribution in [3.8, 4) is 11.5 Å². The number of aromatic hydroxyl groups is 1. The molecule has 0 saturated heterocycles. The van der Waals surface area contributed by atoms with Gasteiger partial charge < -0.3 is 25.0 Å². The van der Waals surface area contributed by atoms with Gasteiger partial charge in [-0.15, -0.1) is 0 Å². The van der Waals surface area contributed by atoms with E-state index in [-0.39, 0.29) is 22.4 Å². The Morgan fingerprint density at radius 2 is 1.79 bits per heavy atom. The Hall–Kier alpha value is -3.06. The summed E-state index contributed by atoms with van der Waals surface area (Å²) in [4.78, 5) is 23.7. The van der Waals surface area contributed by atoms with E-state index in [9.17, 15) is 19.8 Å². The summed E-state index contributed by atoms with van der Waals surface area (Å²) in [6.45, 7) is 0. The van der Waals surface area contributed by atoms with Crippen LogP contribution in [-0.4, -0.2) is 36.3 Å². The maximum Gasteiger partial charge on any atom is 0.337 e. The zero-order valence-corrected chi connectivity index (χ0v) is 13.1. The molecule has 2 aromatic carbocycles. The molecule has 0 saturated carbocycles. The van der Waals surface area contributed by atoms with E-state index in [0.717, 1.165) is 0 Å². The second-order valence-corrected chi connectivity index (χ2v) is 4.87. The number of benzene rings is 2. The standard InChI is InChI=1S/C17H17NO6/c1-23-12-6-7-14(19)13(9-12)16(21)18-15(20)10-4-3-5-11(8-10)17(22)24-2/h3-9,16,19,21H,1-2H3,(H,18,20). The number of phenols is 1. The molecule has 0 aromatic heterocycles. The number of amides is 1. The zero-order valence-electron chi connectivity index (χ0n) is 13.1. The lowest BCUT2D eigenvalue weighted by Gasteiger charge is -2.15. The average molecular weight is 331 g/mol. The lowest BCUT2D eigenvalue weighted by Crippen LogP contribution is -2.28. The molecule has 2 aromatic rings. The summed E-state index contributed by atoms with van der Waals surface area (Å²) in [7, 11) is 2.68. The molecule has 0 spiro atoms. The molecule has 2 rings (SSSR count). The molecule has 0 aliphatic rings. The first-order valence-corrected chi connectivity index (χ1v) is 7.00. The van der Waals surface area contributed by atoms with Crippen LogP contribution in [0.2, 0.25) is 0 Å². The first-order chi connectivity index (χ1) is 11.5. The Balaban J connectivity index is 2.19. The SMILES string of the molecule is COC(=O)c1cccc(C(=O)NC(O)c2cc(OC)ccc2O)c1. The highest BCUT2D eigenvalue weighted by Crippen LogP contribution is 2.27. The van der Waals surface area contributed by atoms with Gasteiger partial charge in [-0.25, -0.2) is 4.79 Å². The van der Waals surface area contributed by atoms with Gasteiger partial charge in [0.25, 0.3) is 5.91 Å². The van der Waals surface area contributed by atoms with Crippen LogP contribution in [0.3, 0.4) is 0 Å². The van der Waals surface area contributed by atoms with Gasteiger partial charge in [0.1, 0.15) is 11.5 Å². The van der Waals surface area contributed by atoms with E-state index in [0.29, 0.717) is 5.75 Å². The van der Waals surface area contributed by atoms with E-state index in [2.05, 4.69) is 10.1 Å². The number of aliphatic hydroxyl groups is 1. The number of hydrogen-bond donors (Lipinski definition) is 3. The summed E-state index contributed by atoms with van der Waals surface area (Å²) in [6.07, 6.45) is -1.45. The second kappa shape index (κ2) is 7.47. The Kier molecular flexibility index (Phi) is 5.39. The van der Waals surface area contributed by atoms with E-state index < -0.39 is 18.1 Å². The van der Waals surface area contributed by atoms with Crippen molar-refractivity contribution >= 4 is 11.9 Å². The molecule has 0 heterocycles. The lowest BCUT2D eigenvalue weighted by atomic mass is 10.1. The van der Waals surface area contributed by atoms with Crippen molar-refractivity contribution in [2.45, 2.75) is 6.23 Å². The highest BCUT2D eigenvalue weighted by Gasteiger charge is 2.18. The number of nitrogens with one attached hydrogen (secondary N) is 1. The van der Waals surface area contributed by atoms with E-state index in [4.69, 9.17) is 4.74 Å². The van der Waals surface area contributed by atoms with Crippen molar-refractivity contribution in [1.82, 2.24) is 5.32 Å². The van der Waals surface area contributed by atoms with E-state index in [1.54, 1.807) is 0 Å². The van der Waals surface area contributed by atoms with Crippen LogP contribution in [0.5, 0.6) is 11.5 Å². The summed E-state index contributed by atoms with van der Waals surface area (Å²) in [5, 5.41) is 22.3. The highest BCUT2D eigenvalue weighted by molar-refractivity contribution is 5.98. The fourth-order valence-corrected chi connectivity index (χ4v) is 2.07. The highest BCUT2D eigenvalue weighted by atomic mass is 16.5. The molecule has 1 amide bonds. The molecule has 24 heavy (non-hydrogen) atoms. The molecule has 0 aliphatic carbocycles. The van der Waals surface area contributed by atoms with Crippen molar-refractivity contribution in [1.29, 1.82) is 0 Å². The van der Waals surface area contributed by atoms with Crippen LogP contribution in [0.15, 0.2) is 42.5 Å². The van der Waals surface area contributed by atoms with Crippen LogP contribution in [0.1, 0.15) is 32.5 Å². The quantitative estimate of drug-likeness (QED) is 0.568. The molecule has 7 nitrogen and oxygen atoms in total. The number of methoxy groups -OCH3 is 2. The van der Waals surface area contributed by atoms with Crippen LogP contribution in [-0.2, 0) is 4.74 Å². The van der Waals surface area contributed by atoms with Gasteiger partial charge in [0.15, 0.2) is 6.23 Å². The van der Waals surface area contributed by atoms with Gasteiger partial charge in [0.2, 0.25) is 0 Å². The average Bonchev–Trinajstić information content (AvgIpc) is 2.61. The maximum atomic E-state index is 12.2. The summed E-state index contributed by atoms with van der Waals surface area (Å²) < 4.78 is 9.61. The van der Waals surface area contributed by atoms with Gasteiger partial charge in [0.05, 0.1) is 19.8 Å². The number of phenolic OH excluding ortho intramolecular Hbond substituents is 1. The molecular weight excluding hydrogens is 314 g/mol. The van der Waals surface area contributed by atoms with Gasteiger partial charge in [-0.2, -0.15) is 0 Å². The second-order valence-electron chi connectivity index (χ2n) is 4.87. The minimum Gasteiger partial charge on any atom is -0.507 e. The Labute approximate surface area is 138 Å². The summed E-state index contributed by atoms with van der Waals surface area (Å²) in [5.74, 6) is -0.957. The Morgan fingerprint density at radius 1 is 1.08 bits per heavy atom. The van der Waals surface area contributed by atoms with Crippen molar-refractivity contribution in [3.05, 3.63) is 59.2 Å². The van der Waals surface area contributed by atoms with Crippen molar-refractivity contribution in [2.75, 3.05) is 14.2 Å². The molecule has 126 valence electrons. The molecule has 1 atom stereocenters. The van der Waals surface area contributed by atoms with E-state index in [1.165, 1.54) is 56.7 Å². The topological polar surface area (TPSA) is 105 Å². The smallest absolute Gasteiger partial charge is 0.337 e. The van der Waals surface area contributed by atoms with E-state index >= 15 is 0 Å². The molecule has 1 unspecified atom stereocenters. The molecule has 3 N–H and O–H groups in total. The van der Waals surface area contributed by atoms with Gasteiger partial charge in [0, 0.05) is 11.1 Å². The van der Waals surface area contributed by atoms with Crippen LogP contribution in [0.4, 0.5) is 0 Å². The molecule has 7 heteroatoms. The van der Waals surface area contributed by atoms with Crippen LogP contribution < -0.4 is 10.1 Å². The predicted octanol–water partition coefficient (Wildman–Crippen LogP) is 1.61. The number of aliphatic hydroxyl groups excluding tert-OH is 1. The monoisotopic (exact) mass is 331 g/mol. The number of esters is 1. The number of carbonyl (C=O) groups excluding carboxylic acids is 2. The fraction of sp³-hybridized carbons (Fsp3) is 0.176. The van der Waals surface area contributed by atoms with Crippen LogP contribution in [0.25, 0.3) is 0 Å². The maximum absolute atomic E-state index is 12.2. The third-order valence-electron chi connectivity index (χ3n) is 3.34. The normalized spacial score (nSPS) is 11.5. The summed E-state index contributed by atoms with van der Waals surface area (Å²) in [5.41, 5.74) is 0.468. The van der Waals surface area contributed by atoms with Crippen molar-refractivity contribution in [3.63, 3.8) is 0 Å². The molecule has 0 aliphatic heterocycles. The van der Waals surface area contributed by atoms with Crippen molar-refractivity contribution in [2.24, 2.45) is 0 Å². The minimum absolute atomic E-state index is 0.0897. The minimum atomic E-state index is -1.45. The number of ether oxygens (including phenoxy) is 2. The largest absolute Gasteiger partial charge is 0.507 e. The van der Waals surface area contributed by atoms with Gasteiger partial charge in [-0.1, -0.05) is 6.07 Å².